The van der Waals surface area contributed by atoms with Crippen LogP contribution in [0.25, 0.3) is 0 Å². The first-order chi connectivity index (χ1) is 10.3. The minimum atomic E-state index is -0.133. The summed E-state index contributed by atoms with van der Waals surface area (Å²) in [5.74, 6) is 1.98. The Morgan fingerprint density at radius 2 is 1.86 bits per heavy atom. The van der Waals surface area contributed by atoms with Crippen molar-refractivity contribution in [1.82, 2.24) is 5.32 Å². The predicted octanol–water partition coefficient (Wildman–Crippen LogP) is 2.60. The Hall–Kier alpha value is -1.26. The molecule has 0 amide bonds. The zero-order valence-corrected chi connectivity index (χ0v) is 12.9. The smallest absolute Gasteiger partial charge is 0.161 e. The number of para-hydroxylation sites is 2. The van der Waals surface area contributed by atoms with Crippen LogP contribution in [0.3, 0.4) is 0 Å². The van der Waals surface area contributed by atoms with Crippen molar-refractivity contribution in [2.75, 3.05) is 26.3 Å². The molecule has 118 valence electrons. The number of benzene rings is 1. The second-order valence-electron chi connectivity index (χ2n) is 5.54. The summed E-state index contributed by atoms with van der Waals surface area (Å²) in [5.41, 5.74) is 0. The molecule has 0 spiro atoms. The molecule has 1 aliphatic carbocycles. The van der Waals surface area contributed by atoms with E-state index in [0.717, 1.165) is 43.9 Å². The van der Waals surface area contributed by atoms with Gasteiger partial charge >= 0.3 is 0 Å². The van der Waals surface area contributed by atoms with Gasteiger partial charge in [0.15, 0.2) is 11.5 Å². The fourth-order valence-corrected chi connectivity index (χ4v) is 2.79. The van der Waals surface area contributed by atoms with E-state index in [1.54, 1.807) is 0 Å². The molecule has 0 saturated heterocycles. The predicted molar refractivity (Wildman–Crippen MR) is 83.9 cm³/mol. The lowest BCUT2D eigenvalue weighted by Gasteiger charge is -2.27. The molecule has 4 nitrogen and oxygen atoms in total. The molecule has 1 aromatic carbocycles. The minimum Gasteiger partial charge on any atom is -0.490 e. The van der Waals surface area contributed by atoms with Gasteiger partial charge in [-0.2, -0.15) is 0 Å². The van der Waals surface area contributed by atoms with Crippen LogP contribution in [0.2, 0.25) is 0 Å². The van der Waals surface area contributed by atoms with Crippen LogP contribution in [0, 0.1) is 5.92 Å². The SMILES string of the molecule is CCOc1ccccc1OCCNCC1CCCCC1O. The molecule has 4 heteroatoms. The van der Waals surface area contributed by atoms with Gasteiger partial charge in [-0.25, -0.2) is 0 Å². The Bertz CT molecular complexity index is 411. The zero-order valence-electron chi connectivity index (χ0n) is 12.9. The van der Waals surface area contributed by atoms with Crippen LogP contribution in [-0.4, -0.2) is 37.5 Å². The van der Waals surface area contributed by atoms with E-state index in [1.165, 1.54) is 6.42 Å². The lowest BCUT2D eigenvalue weighted by Crippen LogP contribution is -2.35. The Kier molecular flexibility index (Phi) is 6.83. The summed E-state index contributed by atoms with van der Waals surface area (Å²) in [6, 6.07) is 7.74. The topological polar surface area (TPSA) is 50.7 Å². The van der Waals surface area contributed by atoms with Crippen LogP contribution in [0.1, 0.15) is 32.6 Å². The molecule has 2 unspecified atom stereocenters. The van der Waals surface area contributed by atoms with Crippen molar-refractivity contribution < 1.29 is 14.6 Å². The molecule has 1 aromatic rings. The lowest BCUT2D eigenvalue weighted by molar-refractivity contribution is 0.0692. The van der Waals surface area contributed by atoms with Crippen molar-refractivity contribution in [3.63, 3.8) is 0 Å². The van der Waals surface area contributed by atoms with Crippen molar-refractivity contribution in [3.8, 4) is 11.5 Å². The highest BCUT2D eigenvalue weighted by Gasteiger charge is 2.22. The van der Waals surface area contributed by atoms with E-state index in [1.807, 2.05) is 31.2 Å². The molecule has 1 fully saturated rings. The number of aliphatic hydroxyl groups excluding tert-OH is 1. The standard InChI is InChI=1S/C17H27NO3/c1-2-20-16-9-5-6-10-17(16)21-12-11-18-13-14-7-3-4-8-15(14)19/h5-6,9-10,14-15,18-19H,2-4,7-8,11-13H2,1H3. The Balaban J connectivity index is 1.65. The van der Waals surface area contributed by atoms with Crippen LogP contribution in [-0.2, 0) is 0 Å². The molecular formula is C17H27NO3. The summed E-state index contributed by atoms with van der Waals surface area (Å²) >= 11 is 0. The molecule has 0 radical (unpaired) electrons. The average Bonchev–Trinajstić information content (AvgIpc) is 2.50. The summed E-state index contributed by atoms with van der Waals surface area (Å²) in [5, 5.41) is 13.3. The Morgan fingerprint density at radius 3 is 2.57 bits per heavy atom. The van der Waals surface area contributed by atoms with E-state index >= 15 is 0 Å². The summed E-state index contributed by atoms with van der Waals surface area (Å²) < 4.78 is 11.3. The van der Waals surface area contributed by atoms with Crippen LogP contribution >= 0.6 is 0 Å². The molecule has 2 atom stereocenters. The number of hydrogen-bond acceptors (Lipinski definition) is 4. The number of rotatable bonds is 8. The van der Waals surface area contributed by atoms with Crippen molar-refractivity contribution in [3.05, 3.63) is 24.3 Å². The zero-order chi connectivity index (χ0) is 14.9. The van der Waals surface area contributed by atoms with Gasteiger partial charge in [0.25, 0.3) is 0 Å². The molecule has 0 bridgehead atoms. The lowest BCUT2D eigenvalue weighted by atomic mass is 9.86. The van der Waals surface area contributed by atoms with E-state index in [4.69, 9.17) is 9.47 Å². The first-order valence-electron chi connectivity index (χ1n) is 8.04. The summed E-state index contributed by atoms with van der Waals surface area (Å²) in [6.45, 7) is 4.86. The quantitative estimate of drug-likeness (QED) is 0.723. The summed E-state index contributed by atoms with van der Waals surface area (Å²) in [7, 11) is 0. The largest absolute Gasteiger partial charge is 0.490 e. The number of aliphatic hydroxyl groups is 1. The molecule has 0 aliphatic heterocycles. The van der Waals surface area contributed by atoms with Crippen molar-refractivity contribution in [1.29, 1.82) is 0 Å². The van der Waals surface area contributed by atoms with Gasteiger partial charge in [-0.15, -0.1) is 0 Å². The third-order valence-electron chi connectivity index (χ3n) is 3.96. The second-order valence-corrected chi connectivity index (χ2v) is 5.54. The van der Waals surface area contributed by atoms with Gasteiger partial charge in [0, 0.05) is 13.1 Å². The first-order valence-corrected chi connectivity index (χ1v) is 8.04. The van der Waals surface area contributed by atoms with Crippen LogP contribution in [0.4, 0.5) is 0 Å². The van der Waals surface area contributed by atoms with E-state index in [-0.39, 0.29) is 6.10 Å². The number of ether oxygens (including phenoxy) is 2. The fraction of sp³-hybridized carbons (Fsp3) is 0.647. The van der Waals surface area contributed by atoms with Gasteiger partial charge < -0.3 is 19.9 Å². The Labute approximate surface area is 127 Å². The highest BCUT2D eigenvalue weighted by molar-refractivity contribution is 5.39. The highest BCUT2D eigenvalue weighted by atomic mass is 16.5. The fourth-order valence-electron chi connectivity index (χ4n) is 2.79. The van der Waals surface area contributed by atoms with Gasteiger partial charge in [-0.1, -0.05) is 25.0 Å². The third-order valence-corrected chi connectivity index (χ3v) is 3.96. The van der Waals surface area contributed by atoms with Gasteiger partial charge in [-0.3, -0.25) is 0 Å². The maximum Gasteiger partial charge on any atom is 0.161 e. The average molecular weight is 293 g/mol. The van der Waals surface area contributed by atoms with Crippen LogP contribution in [0.5, 0.6) is 11.5 Å². The molecular weight excluding hydrogens is 266 g/mol. The third kappa shape index (κ3) is 5.21. The van der Waals surface area contributed by atoms with E-state index in [2.05, 4.69) is 5.32 Å². The van der Waals surface area contributed by atoms with Crippen LogP contribution < -0.4 is 14.8 Å². The monoisotopic (exact) mass is 293 g/mol. The van der Waals surface area contributed by atoms with Gasteiger partial charge in [0.05, 0.1) is 12.7 Å². The highest BCUT2D eigenvalue weighted by Crippen LogP contribution is 2.26. The van der Waals surface area contributed by atoms with Gasteiger partial charge in [-0.05, 0) is 37.8 Å². The molecule has 1 aliphatic rings. The maximum atomic E-state index is 9.91. The van der Waals surface area contributed by atoms with E-state index in [9.17, 15) is 5.11 Å². The van der Waals surface area contributed by atoms with E-state index < -0.39 is 0 Å². The summed E-state index contributed by atoms with van der Waals surface area (Å²) in [4.78, 5) is 0. The van der Waals surface area contributed by atoms with Crippen molar-refractivity contribution in [2.24, 2.45) is 5.92 Å². The first kappa shape index (κ1) is 16.1. The van der Waals surface area contributed by atoms with Crippen LogP contribution in [0.15, 0.2) is 24.3 Å². The Morgan fingerprint density at radius 1 is 1.14 bits per heavy atom. The van der Waals surface area contributed by atoms with Crippen molar-refractivity contribution >= 4 is 0 Å². The summed E-state index contributed by atoms with van der Waals surface area (Å²) in [6.07, 6.45) is 4.34. The van der Waals surface area contributed by atoms with Crippen molar-refractivity contribution in [2.45, 2.75) is 38.7 Å². The van der Waals surface area contributed by atoms with Gasteiger partial charge in [0.2, 0.25) is 0 Å². The maximum absolute atomic E-state index is 9.91. The van der Waals surface area contributed by atoms with E-state index in [0.29, 0.717) is 19.1 Å². The molecule has 1 saturated carbocycles. The molecule has 2 N–H and O–H groups in total. The minimum absolute atomic E-state index is 0.133. The number of hydrogen-bond donors (Lipinski definition) is 2. The second kappa shape index (κ2) is 8.90. The number of nitrogens with one attached hydrogen (secondary N) is 1. The normalized spacial score (nSPS) is 22.0. The molecule has 0 aromatic heterocycles. The molecule has 0 heterocycles. The van der Waals surface area contributed by atoms with Gasteiger partial charge in [0.1, 0.15) is 6.61 Å². The molecule has 2 rings (SSSR count). The molecule has 21 heavy (non-hydrogen) atoms.